The van der Waals surface area contributed by atoms with Gasteiger partial charge in [0.2, 0.25) is 0 Å². The average molecular weight is 245 g/mol. The zero-order valence-corrected chi connectivity index (χ0v) is 11.4. The number of rotatable bonds is 8. The molecule has 0 amide bonds. The van der Waals surface area contributed by atoms with Crippen LogP contribution in [0.25, 0.3) is 0 Å². The summed E-state index contributed by atoms with van der Waals surface area (Å²) in [6.07, 6.45) is 7.15. The maximum Gasteiger partial charge on any atom is 0.0977 e. The fraction of sp³-hybridized carbons (Fsp3) is 0.500. The summed E-state index contributed by atoms with van der Waals surface area (Å²) in [6, 6.07) is 10.6. The average Bonchev–Trinajstić information content (AvgIpc) is 2.42. The van der Waals surface area contributed by atoms with Crippen LogP contribution >= 0.6 is 0 Å². The molecule has 0 bridgehead atoms. The maximum atomic E-state index is 5.91. The van der Waals surface area contributed by atoms with Crippen molar-refractivity contribution in [2.45, 2.75) is 38.8 Å². The van der Waals surface area contributed by atoms with E-state index in [1.54, 1.807) is 0 Å². The van der Waals surface area contributed by atoms with Crippen LogP contribution < -0.4 is 5.32 Å². The second-order valence-corrected chi connectivity index (χ2v) is 4.19. The molecule has 0 aromatic heterocycles. The lowest BCUT2D eigenvalue weighted by molar-refractivity contribution is 0.0317. The van der Waals surface area contributed by atoms with Crippen molar-refractivity contribution in [1.82, 2.24) is 5.32 Å². The molecule has 0 heterocycles. The van der Waals surface area contributed by atoms with Gasteiger partial charge in [-0.1, -0.05) is 37.3 Å². The monoisotopic (exact) mass is 245 g/mol. The lowest BCUT2D eigenvalue weighted by atomic mass is 9.98. The zero-order valence-electron chi connectivity index (χ0n) is 11.4. The number of terminal acetylenes is 1. The van der Waals surface area contributed by atoms with Gasteiger partial charge in [0, 0.05) is 19.1 Å². The number of nitrogens with one attached hydrogen (secondary N) is 1. The lowest BCUT2D eigenvalue weighted by Crippen LogP contribution is -2.36. The van der Waals surface area contributed by atoms with Crippen LogP contribution in [0.2, 0.25) is 0 Å². The molecule has 0 aliphatic heterocycles. The van der Waals surface area contributed by atoms with Crippen LogP contribution in [0.15, 0.2) is 30.3 Å². The Labute approximate surface area is 111 Å². The highest BCUT2D eigenvalue weighted by Crippen LogP contribution is 2.24. The van der Waals surface area contributed by atoms with Gasteiger partial charge in [-0.25, -0.2) is 0 Å². The summed E-state index contributed by atoms with van der Waals surface area (Å²) in [5, 5.41) is 3.48. The topological polar surface area (TPSA) is 21.3 Å². The second-order valence-electron chi connectivity index (χ2n) is 4.19. The highest BCUT2D eigenvalue weighted by molar-refractivity contribution is 5.19. The van der Waals surface area contributed by atoms with Gasteiger partial charge < -0.3 is 10.1 Å². The Morgan fingerprint density at radius 1 is 1.28 bits per heavy atom. The number of likely N-dealkylation sites (N-methyl/N-ethyl adjacent to an activating group) is 1. The fourth-order valence-corrected chi connectivity index (χ4v) is 2.13. The molecule has 2 heteroatoms. The Kier molecular flexibility index (Phi) is 7.17. The van der Waals surface area contributed by atoms with E-state index in [1.165, 1.54) is 5.56 Å². The summed E-state index contributed by atoms with van der Waals surface area (Å²) < 4.78 is 5.91. The van der Waals surface area contributed by atoms with Crippen LogP contribution in [0.5, 0.6) is 0 Å². The molecule has 0 spiro atoms. The number of hydrogen-bond acceptors (Lipinski definition) is 2. The van der Waals surface area contributed by atoms with Crippen molar-refractivity contribution in [1.29, 1.82) is 0 Å². The van der Waals surface area contributed by atoms with E-state index in [0.29, 0.717) is 6.61 Å². The fourth-order valence-electron chi connectivity index (χ4n) is 2.13. The quantitative estimate of drug-likeness (QED) is 0.710. The van der Waals surface area contributed by atoms with E-state index in [1.807, 2.05) is 25.1 Å². The molecule has 1 rings (SSSR count). The molecule has 0 radical (unpaired) electrons. The minimum absolute atomic E-state index is 0.0736. The van der Waals surface area contributed by atoms with E-state index in [4.69, 9.17) is 11.2 Å². The summed E-state index contributed by atoms with van der Waals surface area (Å²) in [5.41, 5.74) is 1.21. The van der Waals surface area contributed by atoms with Gasteiger partial charge in [-0.05, 0) is 25.5 Å². The van der Waals surface area contributed by atoms with Crippen LogP contribution in [0.4, 0.5) is 0 Å². The van der Waals surface area contributed by atoms with Crippen molar-refractivity contribution in [3.63, 3.8) is 0 Å². The van der Waals surface area contributed by atoms with Crippen molar-refractivity contribution in [3.05, 3.63) is 35.9 Å². The first-order valence-electron chi connectivity index (χ1n) is 6.66. The molecule has 0 aliphatic carbocycles. The maximum absolute atomic E-state index is 5.91. The molecule has 0 saturated carbocycles. The minimum Gasteiger partial charge on any atom is -0.372 e. The summed E-state index contributed by atoms with van der Waals surface area (Å²) in [6.45, 7) is 5.76. The molecular formula is C16H23NO. The molecule has 1 aromatic rings. The van der Waals surface area contributed by atoms with E-state index in [0.717, 1.165) is 19.4 Å². The minimum atomic E-state index is 0.0736. The summed E-state index contributed by atoms with van der Waals surface area (Å²) >= 11 is 0. The van der Waals surface area contributed by atoms with Crippen LogP contribution in [0.3, 0.4) is 0 Å². The van der Waals surface area contributed by atoms with E-state index in [2.05, 4.69) is 30.3 Å². The van der Waals surface area contributed by atoms with E-state index >= 15 is 0 Å². The Balaban J connectivity index is 2.82. The smallest absolute Gasteiger partial charge is 0.0977 e. The van der Waals surface area contributed by atoms with Gasteiger partial charge in [0.25, 0.3) is 0 Å². The third kappa shape index (κ3) is 4.52. The van der Waals surface area contributed by atoms with Crippen molar-refractivity contribution >= 4 is 0 Å². The van der Waals surface area contributed by atoms with Gasteiger partial charge in [-0.2, -0.15) is 0 Å². The zero-order chi connectivity index (χ0) is 13.2. The summed E-state index contributed by atoms with van der Waals surface area (Å²) in [7, 11) is 0. The second kappa shape index (κ2) is 8.74. The Morgan fingerprint density at radius 3 is 2.56 bits per heavy atom. The molecule has 2 unspecified atom stereocenters. The highest BCUT2D eigenvalue weighted by atomic mass is 16.5. The lowest BCUT2D eigenvalue weighted by Gasteiger charge is -2.27. The number of hydrogen-bond donors (Lipinski definition) is 1. The first-order valence-corrected chi connectivity index (χ1v) is 6.66. The van der Waals surface area contributed by atoms with Crippen LogP contribution in [0.1, 0.15) is 38.4 Å². The van der Waals surface area contributed by atoms with Gasteiger partial charge in [-0.3, -0.25) is 0 Å². The third-order valence-corrected chi connectivity index (χ3v) is 2.91. The third-order valence-electron chi connectivity index (χ3n) is 2.91. The van der Waals surface area contributed by atoms with Crippen LogP contribution in [-0.4, -0.2) is 19.2 Å². The molecule has 0 fully saturated rings. The number of ether oxygens (including phenoxy) is 1. The summed E-state index contributed by atoms with van der Waals surface area (Å²) in [4.78, 5) is 0. The van der Waals surface area contributed by atoms with Gasteiger partial charge in [-0.15, -0.1) is 12.3 Å². The van der Waals surface area contributed by atoms with Gasteiger partial charge in [0.05, 0.1) is 6.10 Å². The van der Waals surface area contributed by atoms with Crippen LogP contribution in [0, 0.1) is 12.3 Å². The molecule has 98 valence electrons. The highest BCUT2D eigenvalue weighted by Gasteiger charge is 2.22. The first-order chi connectivity index (χ1) is 8.83. The van der Waals surface area contributed by atoms with E-state index in [-0.39, 0.29) is 12.1 Å². The van der Waals surface area contributed by atoms with Crippen LogP contribution in [-0.2, 0) is 4.74 Å². The van der Waals surface area contributed by atoms with E-state index in [9.17, 15) is 0 Å². The van der Waals surface area contributed by atoms with Crippen molar-refractivity contribution in [2.75, 3.05) is 13.2 Å². The number of benzene rings is 1. The normalized spacial score (nSPS) is 13.8. The standard InChI is InChI=1S/C16H23NO/c1-4-7-13-15(17-5-2)16(18-6-3)14-11-9-8-10-12-14/h1,8-12,15-17H,5-7,13H2,2-3H3. The van der Waals surface area contributed by atoms with Crippen molar-refractivity contribution < 1.29 is 4.74 Å². The molecule has 2 nitrogen and oxygen atoms in total. The molecule has 1 N–H and O–H groups in total. The van der Waals surface area contributed by atoms with E-state index < -0.39 is 0 Å². The Morgan fingerprint density at radius 2 is 2.00 bits per heavy atom. The van der Waals surface area contributed by atoms with Gasteiger partial charge >= 0.3 is 0 Å². The Hall–Kier alpha value is -1.30. The summed E-state index contributed by atoms with van der Waals surface area (Å²) in [5.74, 6) is 2.71. The molecule has 1 aromatic carbocycles. The SMILES string of the molecule is C#CCCC(NCC)C(OCC)c1ccccc1. The molecular weight excluding hydrogens is 222 g/mol. The van der Waals surface area contributed by atoms with Gasteiger partial charge in [0.1, 0.15) is 0 Å². The molecule has 18 heavy (non-hydrogen) atoms. The molecule has 2 atom stereocenters. The largest absolute Gasteiger partial charge is 0.372 e. The van der Waals surface area contributed by atoms with Crippen molar-refractivity contribution in [2.24, 2.45) is 0 Å². The predicted octanol–water partition coefficient (Wildman–Crippen LogP) is 3.16. The molecule has 0 saturated heterocycles. The Bertz CT molecular complexity index is 355. The van der Waals surface area contributed by atoms with Gasteiger partial charge in [0.15, 0.2) is 0 Å². The van der Waals surface area contributed by atoms with Crippen molar-refractivity contribution in [3.8, 4) is 12.3 Å². The first kappa shape index (κ1) is 14.8. The predicted molar refractivity (Wildman–Crippen MR) is 76.3 cm³/mol. The molecule has 0 aliphatic rings.